The first-order chi connectivity index (χ1) is 4.88. The maximum absolute atomic E-state index is 5.68. The van der Waals surface area contributed by atoms with E-state index in [0.717, 1.165) is 5.52 Å². The molecule has 0 amide bonds. The van der Waals surface area contributed by atoms with Crippen molar-refractivity contribution in [2.75, 3.05) is 0 Å². The number of pyridine rings is 1. The fourth-order valence-corrected chi connectivity index (χ4v) is 0.998. The Balaban J connectivity index is 2.93. The summed E-state index contributed by atoms with van der Waals surface area (Å²) in [7, 11) is 0. The monoisotopic (exact) mass is 153 g/mol. The highest BCUT2D eigenvalue weighted by Crippen LogP contribution is 2.11. The summed E-state index contributed by atoms with van der Waals surface area (Å²) in [6.07, 6.45) is 1.80. The van der Waals surface area contributed by atoms with Gasteiger partial charge in [-0.3, -0.25) is 0 Å². The van der Waals surface area contributed by atoms with Crippen LogP contribution in [0.3, 0.4) is 0 Å². The van der Waals surface area contributed by atoms with Gasteiger partial charge >= 0.3 is 0 Å². The topological polar surface area (TPSA) is 30.2 Å². The quantitative estimate of drug-likeness (QED) is 0.573. The largest absolute Gasteiger partial charge is 0.219 e. The van der Waals surface area contributed by atoms with E-state index in [9.17, 15) is 0 Å². The molecule has 4 heteroatoms. The van der Waals surface area contributed by atoms with Gasteiger partial charge in [0.25, 0.3) is 0 Å². The Morgan fingerprint density at radius 2 is 2.30 bits per heavy atom. The third kappa shape index (κ3) is 0.675. The molecule has 0 spiro atoms. The molecule has 0 aromatic carbocycles. The van der Waals surface area contributed by atoms with Gasteiger partial charge in [-0.2, -0.15) is 0 Å². The standard InChI is InChI=1S/C6H4ClN3/c7-6-5-3-1-2-4-10(5)9-8-6/h1-4H. The maximum Gasteiger partial charge on any atom is 0.179 e. The first-order valence-electron chi connectivity index (χ1n) is 2.83. The van der Waals surface area contributed by atoms with Crippen LogP contribution in [-0.4, -0.2) is 14.8 Å². The van der Waals surface area contributed by atoms with Crippen LogP contribution in [-0.2, 0) is 0 Å². The van der Waals surface area contributed by atoms with Crippen molar-refractivity contribution in [2.24, 2.45) is 0 Å². The number of fused-ring (bicyclic) bond motifs is 1. The second-order valence-electron chi connectivity index (χ2n) is 1.91. The minimum Gasteiger partial charge on any atom is -0.219 e. The molecule has 50 valence electrons. The van der Waals surface area contributed by atoms with Crippen LogP contribution in [0.2, 0.25) is 5.15 Å². The fourth-order valence-electron chi connectivity index (χ4n) is 0.815. The van der Waals surface area contributed by atoms with E-state index >= 15 is 0 Å². The van der Waals surface area contributed by atoms with E-state index in [2.05, 4.69) is 10.3 Å². The number of hydrogen-bond donors (Lipinski definition) is 0. The van der Waals surface area contributed by atoms with Crippen LogP contribution in [0.5, 0.6) is 0 Å². The van der Waals surface area contributed by atoms with Crippen molar-refractivity contribution in [1.82, 2.24) is 14.8 Å². The molecule has 2 aromatic rings. The van der Waals surface area contributed by atoms with Gasteiger partial charge in [0.2, 0.25) is 0 Å². The smallest absolute Gasteiger partial charge is 0.179 e. The molecule has 0 radical (unpaired) electrons. The van der Waals surface area contributed by atoms with Gasteiger partial charge in [-0.05, 0) is 12.1 Å². The molecule has 0 saturated carbocycles. The number of hydrogen-bond acceptors (Lipinski definition) is 2. The predicted octanol–water partition coefficient (Wildman–Crippen LogP) is 1.38. The molecule has 2 aromatic heterocycles. The normalized spacial score (nSPS) is 10.5. The van der Waals surface area contributed by atoms with E-state index in [-0.39, 0.29) is 0 Å². The number of nitrogens with zero attached hydrogens (tertiary/aromatic N) is 3. The van der Waals surface area contributed by atoms with Gasteiger partial charge in [0.1, 0.15) is 5.52 Å². The molecule has 0 unspecified atom stereocenters. The molecule has 10 heavy (non-hydrogen) atoms. The second kappa shape index (κ2) is 1.95. The predicted molar refractivity (Wildman–Crippen MR) is 38.0 cm³/mol. The van der Waals surface area contributed by atoms with Gasteiger partial charge in [-0.1, -0.05) is 22.9 Å². The van der Waals surface area contributed by atoms with Gasteiger partial charge in [-0.25, -0.2) is 4.52 Å². The Kier molecular flexibility index (Phi) is 1.11. The van der Waals surface area contributed by atoms with Gasteiger partial charge in [0, 0.05) is 6.20 Å². The Hall–Kier alpha value is -1.09. The van der Waals surface area contributed by atoms with Crippen LogP contribution in [0.25, 0.3) is 5.52 Å². The zero-order valence-corrected chi connectivity index (χ0v) is 5.78. The van der Waals surface area contributed by atoms with E-state index in [1.54, 1.807) is 10.7 Å². The van der Waals surface area contributed by atoms with Crippen LogP contribution in [0, 0.1) is 0 Å². The number of rotatable bonds is 0. The first-order valence-corrected chi connectivity index (χ1v) is 3.21. The molecular weight excluding hydrogens is 150 g/mol. The molecule has 0 fully saturated rings. The number of aromatic nitrogens is 3. The molecule has 0 bridgehead atoms. The zero-order valence-electron chi connectivity index (χ0n) is 5.03. The molecule has 2 heterocycles. The molecule has 2 rings (SSSR count). The van der Waals surface area contributed by atoms with Crippen LogP contribution >= 0.6 is 11.6 Å². The minimum atomic E-state index is 0.445. The molecule has 0 aliphatic rings. The molecule has 0 atom stereocenters. The summed E-state index contributed by atoms with van der Waals surface area (Å²) in [5, 5.41) is 7.87. The van der Waals surface area contributed by atoms with Crippen LogP contribution < -0.4 is 0 Å². The minimum absolute atomic E-state index is 0.445. The highest BCUT2D eigenvalue weighted by atomic mass is 35.5. The highest BCUT2D eigenvalue weighted by molar-refractivity contribution is 6.32. The lowest BCUT2D eigenvalue weighted by Gasteiger charge is -1.86. The van der Waals surface area contributed by atoms with Crippen molar-refractivity contribution in [2.45, 2.75) is 0 Å². The zero-order chi connectivity index (χ0) is 6.97. The lowest BCUT2D eigenvalue weighted by Crippen LogP contribution is -1.83. The molecule has 0 aliphatic carbocycles. The van der Waals surface area contributed by atoms with Gasteiger partial charge in [-0.15, -0.1) is 5.10 Å². The Labute approximate surface area is 62.2 Å². The molecular formula is C6H4ClN3. The number of halogens is 1. The SMILES string of the molecule is Clc1nnn2ccccc12. The first kappa shape index (κ1) is 5.68. The molecule has 0 N–H and O–H groups in total. The fraction of sp³-hybridized carbons (Fsp3) is 0. The van der Waals surface area contributed by atoms with Crippen molar-refractivity contribution in [3.8, 4) is 0 Å². The summed E-state index contributed by atoms with van der Waals surface area (Å²) >= 11 is 5.68. The average Bonchev–Trinajstić information content (AvgIpc) is 2.34. The third-order valence-electron chi connectivity index (χ3n) is 1.28. The van der Waals surface area contributed by atoms with E-state index in [1.165, 1.54) is 0 Å². The average molecular weight is 154 g/mol. The summed E-state index contributed by atoms with van der Waals surface area (Å²) < 4.78 is 1.63. The molecule has 3 nitrogen and oxygen atoms in total. The molecule has 0 aliphatic heterocycles. The summed E-state index contributed by atoms with van der Waals surface area (Å²) in [5.41, 5.74) is 0.837. The van der Waals surface area contributed by atoms with Crippen molar-refractivity contribution in [1.29, 1.82) is 0 Å². The third-order valence-corrected chi connectivity index (χ3v) is 1.55. The summed E-state index contributed by atoms with van der Waals surface area (Å²) in [4.78, 5) is 0. The van der Waals surface area contributed by atoms with E-state index in [1.807, 2.05) is 18.2 Å². The highest BCUT2D eigenvalue weighted by Gasteiger charge is 1.98. The van der Waals surface area contributed by atoms with Gasteiger partial charge in [0.15, 0.2) is 5.15 Å². The second-order valence-corrected chi connectivity index (χ2v) is 2.27. The van der Waals surface area contributed by atoms with Crippen LogP contribution in [0.1, 0.15) is 0 Å². The van der Waals surface area contributed by atoms with Crippen molar-refractivity contribution >= 4 is 17.1 Å². The summed E-state index contributed by atoms with van der Waals surface area (Å²) in [5.74, 6) is 0. The van der Waals surface area contributed by atoms with Crippen molar-refractivity contribution in [3.05, 3.63) is 29.5 Å². The van der Waals surface area contributed by atoms with E-state index in [4.69, 9.17) is 11.6 Å². The van der Waals surface area contributed by atoms with Crippen molar-refractivity contribution in [3.63, 3.8) is 0 Å². The van der Waals surface area contributed by atoms with E-state index < -0.39 is 0 Å². The lowest BCUT2D eigenvalue weighted by molar-refractivity contribution is 0.855. The Bertz CT molecular complexity index is 355. The van der Waals surface area contributed by atoms with Crippen LogP contribution in [0.4, 0.5) is 0 Å². The van der Waals surface area contributed by atoms with Gasteiger partial charge < -0.3 is 0 Å². The molecule has 0 saturated heterocycles. The maximum atomic E-state index is 5.68. The summed E-state index contributed by atoms with van der Waals surface area (Å²) in [6.45, 7) is 0. The lowest BCUT2D eigenvalue weighted by atomic mass is 10.4. The summed E-state index contributed by atoms with van der Waals surface area (Å²) in [6, 6.07) is 5.63. The van der Waals surface area contributed by atoms with E-state index in [0.29, 0.717) is 5.15 Å². The van der Waals surface area contributed by atoms with Gasteiger partial charge in [0.05, 0.1) is 0 Å². The Morgan fingerprint density at radius 1 is 1.40 bits per heavy atom. The Morgan fingerprint density at radius 3 is 3.10 bits per heavy atom. The van der Waals surface area contributed by atoms with Crippen molar-refractivity contribution < 1.29 is 0 Å². The van der Waals surface area contributed by atoms with Crippen LogP contribution in [0.15, 0.2) is 24.4 Å².